The predicted octanol–water partition coefficient (Wildman–Crippen LogP) is 3.42. The zero-order valence-corrected chi connectivity index (χ0v) is 17.6. The summed E-state index contributed by atoms with van der Waals surface area (Å²) in [6.07, 6.45) is -0.605. The van der Waals surface area contributed by atoms with E-state index in [9.17, 15) is 14.7 Å². The molecule has 1 fully saturated rings. The van der Waals surface area contributed by atoms with Crippen LogP contribution in [0.5, 0.6) is 0 Å². The molecule has 1 aromatic carbocycles. The molecule has 27 heavy (non-hydrogen) atoms. The Morgan fingerprint density at radius 1 is 1.52 bits per heavy atom. The maximum Gasteiger partial charge on any atom is 0.332 e. The summed E-state index contributed by atoms with van der Waals surface area (Å²) < 4.78 is 5.79. The number of aliphatic hydroxyl groups is 1. The smallest absolute Gasteiger partial charge is 0.332 e. The fourth-order valence-electron chi connectivity index (χ4n) is 2.73. The van der Waals surface area contributed by atoms with Gasteiger partial charge in [0.05, 0.1) is 17.3 Å². The average Bonchev–Trinajstić information content (AvgIpc) is 3.08. The van der Waals surface area contributed by atoms with Crippen LogP contribution in [-0.2, 0) is 14.3 Å². The molecule has 1 aromatic heterocycles. The number of esters is 1. The monoisotopic (exact) mass is 424 g/mol. The number of rotatable bonds is 7. The summed E-state index contributed by atoms with van der Waals surface area (Å²) in [6.45, 7) is 7.67. The lowest BCUT2D eigenvalue weighted by molar-refractivity contribution is -0.155. The molecular weight excluding hydrogens is 404 g/mol. The van der Waals surface area contributed by atoms with Crippen molar-refractivity contribution in [2.45, 2.75) is 36.1 Å². The number of hydrogen-bond acceptors (Lipinski definition) is 8. The van der Waals surface area contributed by atoms with Gasteiger partial charge in [-0.3, -0.25) is 4.79 Å². The van der Waals surface area contributed by atoms with Crippen LogP contribution in [0.25, 0.3) is 10.2 Å². The number of amides is 1. The van der Waals surface area contributed by atoms with Gasteiger partial charge in [-0.25, -0.2) is 9.78 Å². The molecule has 1 saturated heterocycles. The van der Waals surface area contributed by atoms with Crippen molar-refractivity contribution in [1.82, 2.24) is 9.88 Å². The number of likely N-dealkylation sites (tertiary alicyclic amines) is 1. The van der Waals surface area contributed by atoms with Gasteiger partial charge in [-0.05, 0) is 31.6 Å². The summed E-state index contributed by atoms with van der Waals surface area (Å²) in [5.74, 6) is -0.564. The zero-order valence-electron chi connectivity index (χ0n) is 15.2. The van der Waals surface area contributed by atoms with E-state index in [1.807, 2.05) is 18.2 Å². The van der Waals surface area contributed by atoms with Crippen molar-refractivity contribution in [2.75, 3.05) is 13.7 Å². The highest BCUT2D eigenvalue weighted by Crippen LogP contribution is 2.43. The average molecular weight is 425 g/mol. The highest BCUT2D eigenvalue weighted by Gasteiger charge is 2.44. The van der Waals surface area contributed by atoms with Crippen LogP contribution >= 0.6 is 32.9 Å². The van der Waals surface area contributed by atoms with Crippen LogP contribution in [0.3, 0.4) is 0 Å². The second-order valence-electron chi connectivity index (χ2n) is 6.26. The van der Waals surface area contributed by atoms with E-state index in [1.54, 1.807) is 13.8 Å². The lowest BCUT2D eigenvalue weighted by Crippen LogP contribution is -2.61. The van der Waals surface area contributed by atoms with Crippen molar-refractivity contribution >= 4 is 55.0 Å². The van der Waals surface area contributed by atoms with E-state index < -0.39 is 18.1 Å². The number of hydrogen-bond donors (Lipinski definition) is 1. The van der Waals surface area contributed by atoms with E-state index in [0.29, 0.717) is 17.1 Å². The molecule has 1 amide bonds. The Morgan fingerprint density at radius 3 is 2.85 bits per heavy atom. The van der Waals surface area contributed by atoms with Crippen molar-refractivity contribution in [3.63, 3.8) is 0 Å². The van der Waals surface area contributed by atoms with E-state index in [4.69, 9.17) is 4.74 Å². The molecule has 0 spiro atoms. The van der Waals surface area contributed by atoms with E-state index >= 15 is 0 Å². The third-order valence-corrected chi connectivity index (χ3v) is 8.04. The summed E-state index contributed by atoms with van der Waals surface area (Å²) in [5, 5.41) is 10.2. The molecular formula is C18H20N2O4S3. The molecule has 2 heterocycles. The predicted molar refractivity (Wildman–Crippen MR) is 110 cm³/mol. The van der Waals surface area contributed by atoms with Crippen molar-refractivity contribution < 1.29 is 19.4 Å². The summed E-state index contributed by atoms with van der Waals surface area (Å²) in [7, 11) is 4.25. The fourth-order valence-corrected chi connectivity index (χ4v) is 6.24. The lowest BCUT2D eigenvalue weighted by atomic mass is 10.0. The van der Waals surface area contributed by atoms with Gasteiger partial charge < -0.3 is 14.7 Å². The van der Waals surface area contributed by atoms with Crippen molar-refractivity contribution in [1.29, 1.82) is 0 Å². The number of fused-ring (bicyclic) bond motifs is 1. The molecule has 1 unspecified atom stereocenters. The topological polar surface area (TPSA) is 79.7 Å². The number of carbonyl (C=O) groups is 2. The number of aliphatic hydroxyl groups excluding tert-OH is 1. The highest BCUT2D eigenvalue weighted by molar-refractivity contribution is 8.77. The van der Waals surface area contributed by atoms with E-state index in [-0.39, 0.29) is 11.2 Å². The minimum atomic E-state index is -0.722. The summed E-state index contributed by atoms with van der Waals surface area (Å²) in [5.41, 5.74) is 1.43. The quantitative estimate of drug-likeness (QED) is 0.316. The molecule has 1 aliphatic rings. The molecule has 6 nitrogen and oxygen atoms in total. The Hall–Kier alpha value is -1.55. The third kappa shape index (κ3) is 4.01. The highest BCUT2D eigenvalue weighted by atomic mass is 33.1. The summed E-state index contributed by atoms with van der Waals surface area (Å²) >= 11 is 1.47. The van der Waals surface area contributed by atoms with Gasteiger partial charge >= 0.3 is 5.97 Å². The Balaban J connectivity index is 1.67. The number of nitrogens with zero attached hydrogens (tertiary/aromatic N) is 2. The van der Waals surface area contributed by atoms with E-state index in [0.717, 1.165) is 15.1 Å². The molecule has 3 atom stereocenters. The first-order valence-electron chi connectivity index (χ1n) is 8.28. The summed E-state index contributed by atoms with van der Waals surface area (Å²) in [6, 6.07) is 5.15. The third-order valence-electron chi connectivity index (χ3n) is 4.13. The van der Waals surface area contributed by atoms with Crippen LogP contribution in [0, 0.1) is 0 Å². The first-order chi connectivity index (χ1) is 12.8. The molecule has 2 aromatic rings. The number of para-hydroxylation sites is 1. The van der Waals surface area contributed by atoms with Gasteiger partial charge in [0.2, 0.25) is 5.91 Å². The standard InChI is InChI=1S/C18H20N2O4S3/c1-9(2)15(18(23)24-4)20-8-13(17(20)22)27-26-12-7-5-6-11-14(12)19-16(25-11)10(3)21/h5-7,10,13,15,21H,1,8H2,2-4H3/t10-,13+,15?/m1/s1. The number of ether oxygens (including phenoxy) is 1. The molecule has 9 heteroatoms. The minimum absolute atomic E-state index is 0.0963. The largest absolute Gasteiger partial charge is 0.467 e. The number of thiazole rings is 1. The Bertz CT molecular complexity index is 896. The first kappa shape index (κ1) is 20.2. The van der Waals surface area contributed by atoms with Crippen LogP contribution in [0.2, 0.25) is 0 Å². The van der Waals surface area contributed by atoms with Crippen LogP contribution in [-0.4, -0.2) is 51.8 Å². The van der Waals surface area contributed by atoms with E-state index in [1.165, 1.54) is 44.9 Å². The Labute approximate surface area is 169 Å². The van der Waals surface area contributed by atoms with Gasteiger partial charge in [0.25, 0.3) is 0 Å². The Kier molecular flexibility index (Phi) is 6.15. The van der Waals surface area contributed by atoms with Gasteiger partial charge in [0.1, 0.15) is 16.4 Å². The lowest BCUT2D eigenvalue weighted by Gasteiger charge is -2.41. The minimum Gasteiger partial charge on any atom is -0.467 e. The molecule has 0 aliphatic carbocycles. The van der Waals surface area contributed by atoms with Crippen LogP contribution in [0.15, 0.2) is 35.2 Å². The SMILES string of the molecule is C=C(C)C(C(=O)OC)N1C[C@H](SSc2cccc3sc([C@@H](C)O)nc23)C1=O. The zero-order chi connectivity index (χ0) is 19.7. The second kappa shape index (κ2) is 8.22. The second-order valence-corrected chi connectivity index (χ2v) is 9.77. The maximum absolute atomic E-state index is 12.5. The van der Waals surface area contributed by atoms with Crippen LogP contribution in [0.1, 0.15) is 25.0 Å². The van der Waals surface area contributed by atoms with Crippen molar-refractivity contribution in [2.24, 2.45) is 0 Å². The maximum atomic E-state index is 12.5. The number of benzene rings is 1. The summed E-state index contributed by atoms with van der Waals surface area (Å²) in [4.78, 5) is 31.4. The van der Waals surface area contributed by atoms with Gasteiger partial charge in [-0.15, -0.1) is 11.3 Å². The molecule has 144 valence electrons. The molecule has 3 rings (SSSR count). The molecule has 0 bridgehead atoms. The van der Waals surface area contributed by atoms with Crippen molar-refractivity contribution in [3.8, 4) is 0 Å². The van der Waals surface area contributed by atoms with Crippen molar-refractivity contribution in [3.05, 3.63) is 35.4 Å². The number of carbonyl (C=O) groups excluding carboxylic acids is 2. The fraction of sp³-hybridized carbons (Fsp3) is 0.389. The van der Waals surface area contributed by atoms with Gasteiger partial charge in [0, 0.05) is 11.4 Å². The molecule has 0 radical (unpaired) electrons. The number of methoxy groups -OCH3 is 1. The molecule has 1 aliphatic heterocycles. The Morgan fingerprint density at radius 2 is 2.26 bits per heavy atom. The first-order valence-corrected chi connectivity index (χ1v) is 11.3. The normalized spacial score (nSPS) is 18.9. The number of β-lactam (4-membered cyclic amide) rings is 1. The van der Waals surface area contributed by atoms with Gasteiger partial charge in [0.15, 0.2) is 6.04 Å². The van der Waals surface area contributed by atoms with E-state index in [2.05, 4.69) is 11.6 Å². The molecule has 0 saturated carbocycles. The van der Waals surface area contributed by atoms with Crippen LogP contribution < -0.4 is 0 Å². The molecule has 1 N–H and O–H groups in total. The van der Waals surface area contributed by atoms with Gasteiger partial charge in [-0.1, -0.05) is 34.2 Å². The van der Waals surface area contributed by atoms with Crippen LogP contribution in [0.4, 0.5) is 0 Å². The number of aromatic nitrogens is 1. The van der Waals surface area contributed by atoms with Gasteiger partial charge in [-0.2, -0.15) is 0 Å².